The zero-order valence-electron chi connectivity index (χ0n) is 21.8. The molecule has 5 aromatic carbocycles. The number of aromatic nitrogens is 3. The molecular weight excluding hydrogens is 539 g/mol. The van der Waals surface area contributed by atoms with Gasteiger partial charge in [0.2, 0.25) is 5.95 Å². The molecule has 2 atom stereocenters. The first-order chi connectivity index (χ1) is 20.3. The Hall–Kier alpha value is -4.45. The van der Waals surface area contributed by atoms with Crippen molar-refractivity contribution >= 4 is 86.8 Å². The fraction of sp³-hybridized carbons (Fsp3) is 0.0556. The van der Waals surface area contributed by atoms with E-state index in [9.17, 15) is 0 Å². The molecule has 8 aromatic rings. The fourth-order valence-electron chi connectivity index (χ4n) is 6.95. The number of rotatable bonds is 1. The van der Waals surface area contributed by atoms with Gasteiger partial charge in [0, 0.05) is 47.7 Å². The topological polar surface area (TPSA) is 30.7 Å². The van der Waals surface area contributed by atoms with Crippen molar-refractivity contribution in [3.63, 3.8) is 0 Å². The van der Waals surface area contributed by atoms with Gasteiger partial charge in [0.1, 0.15) is 0 Å². The van der Waals surface area contributed by atoms with Gasteiger partial charge in [-0.15, -0.1) is 23.1 Å². The van der Waals surface area contributed by atoms with E-state index in [1.807, 2.05) is 23.1 Å². The molecule has 1 aliphatic carbocycles. The van der Waals surface area contributed by atoms with Crippen molar-refractivity contribution in [2.75, 3.05) is 0 Å². The van der Waals surface area contributed by atoms with Crippen LogP contribution in [-0.4, -0.2) is 19.8 Å². The summed E-state index contributed by atoms with van der Waals surface area (Å²) in [6.45, 7) is 0. The molecule has 0 amide bonds. The van der Waals surface area contributed by atoms with Gasteiger partial charge in [-0.1, -0.05) is 91.0 Å². The average molecular weight is 560 g/mol. The van der Waals surface area contributed by atoms with Crippen LogP contribution in [-0.2, 0) is 0 Å². The third kappa shape index (κ3) is 2.95. The maximum Gasteiger partial charge on any atom is 0.235 e. The lowest BCUT2D eigenvalue weighted by molar-refractivity contribution is 0.813. The highest BCUT2D eigenvalue weighted by atomic mass is 32.2. The highest BCUT2D eigenvalue weighted by Gasteiger charge is 2.32. The number of thiophene rings is 1. The highest BCUT2D eigenvalue weighted by Crippen LogP contribution is 2.48. The zero-order chi connectivity index (χ0) is 26.7. The zero-order valence-corrected chi connectivity index (χ0v) is 23.4. The lowest BCUT2D eigenvalue weighted by atomic mass is 9.93. The molecule has 10 rings (SSSR count). The molecule has 0 radical (unpaired) electrons. The molecule has 3 nitrogen and oxygen atoms in total. The Bertz CT molecular complexity index is 2480. The van der Waals surface area contributed by atoms with Crippen LogP contribution in [0.25, 0.3) is 69.6 Å². The number of hydrogen-bond donors (Lipinski definition) is 0. The standard InChI is InChI=1S/C36H21N3S2/c1-2-9-21-20(8-1)16-19-27-31(21)25-18-17-23-22-10-3-5-13-28(22)41-35(23)34(25)39(27)36-37-26-12-7-15-30-32(26)33(38-36)24-11-4-6-14-29(24)40-30/h1-19,24,29H. The molecule has 0 bridgehead atoms. The molecule has 2 aliphatic rings. The van der Waals surface area contributed by atoms with E-state index >= 15 is 0 Å². The first-order valence-electron chi connectivity index (χ1n) is 13.9. The summed E-state index contributed by atoms with van der Waals surface area (Å²) >= 11 is 3.79. The number of allylic oxidation sites excluding steroid dienone is 3. The van der Waals surface area contributed by atoms with Gasteiger partial charge >= 0.3 is 0 Å². The smallest absolute Gasteiger partial charge is 0.235 e. The van der Waals surface area contributed by atoms with Crippen molar-refractivity contribution in [3.05, 3.63) is 121 Å². The number of thioether (sulfide) groups is 1. The van der Waals surface area contributed by atoms with Gasteiger partial charge < -0.3 is 0 Å². The number of fused-ring (bicyclic) bond motifs is 11. The molecule has 0 saturated heterocycles. The largest absolute Gasteiger partial charge is 0.276 e. The second-order valence-electron chi connectivity index (χ2n) is 10.9. The molecular formula is C36H21N3S2. The number of benzene rings is 5. The van der Waals surface area contributed by atoms with E-state index < -0.39 is 0 Å². The molecule has 0 saturated carbocycles. The average Bonchev–Trinajstić information content (AvgIpc) is 3.57. The molecule has 41 heavy (non-hydrogen) atoms. The Balaban J connectivity index is 1.41. The van der Waals surface area contributed by atoms with Crippen LogP contribution in [0.4, 0.5) is 0 Å². The monoisotopic (exact) mass is 559 g/mol. The predicted molar refractivity (Wildman–Crippen MR) is 175 cm³/mol. The first-order valence-corrected chi connectivity index (χ1v) is 15.6. The molecule has 3 aromatic heterocycles. The molecule has 0 spiro atoms. The van der Waals surface area contributed by atoms with Crippen molar-refractivity contribution in [1.29, 1.82) is 0 Å². The minimum absolute atomic E-state index is 0.224. The summed E-state index contributed by atoms with van der Waals surface area (Å²) in [5, 5.41) is 9.14. The van der Waals surface area contributed by atoms with E-state index in [1.54, 1.807) is 0 Å². The second-order valence-corrected chi connectivity index (χ2v) is 13.2. The summed E-state index contributed by atoms with van der Waals surface area (Å²) in [5.41, 5.74) is 4.48. The third-order valence-corrected chi connectivity index (χ3v) is 11.2. The predicted octanol–water partition coefficient (Wildman–Crippen LogP) is 9.93. The van der Waals surface area contributed by atoms with Gasteiger partial charge in [0.05, 0.1) is 26.9 Å². The molecule has 4 heterocycles. The Labute approximate surface area is 243 Å². The van der Waals surface area contributed by atoms with Crippen LogP contribution in [0.15, 0.2) is 120 Å². The second kappa shape index (κ2) is 8.06. The SMILES string of the molecule is C1=CC2Sc3cccc4nc(-n5c6ccc7ccccc7c6c6ccc7c8ccccc8sc7c65)nc(c34)C2C=C1. The van der Waals surface area contributed by atoms with Gasteiger partial charge in [-0.25, -0.2) is 9.97 Å². The highest BCUT2D eigenvalue weighted by molar-refractivity contribution is 8.00. The van der Waals surface area contributed by atoms with Crippen LogP contribution in [0.3, 0.4) is 0 Å². The molecule has 5 heteroatoms. The van der Waals surface area contributed by atoms with E-state index in [1.165, 1.54) is 57.5 Å². The van der Waals surface area contributed by atoms with Gasteiger partial charge in [-0.2, -0.15) is 0 Å². The van der Waals surface area contributed by atoms with Gasteiger partial charge in [-0.3, -0.25) is 4.57 Å². The van der Waals surface area contributed by atoms with Gasteiger partial charge in [0.25, 0.3) is 0 Å². The first kappa shape index (κ1) is 22.3. The van der Waals surface area contributed by atoms with Crippen molar-refractivity contribution in [2.24, 2.45) is 0 Å². The maximum absolute atomic E-state index is 5.46. The Morgan fingerprint density at radius 1 is 0.659 bits per heavy atom. The fourth-order valence-corrected chi connectivity index (χ4v) is 9.51. The summed E-state index contributed by atoms with van der Waals surface area (Å²) in [5.74, 6) is 0.973. The van der Waals surface area contributed by atoms with Crippen LogP contribution in [0.1, 0.15) is 11.6 Å². The Kier molecular flexibility index (Phi) is 4.38. The van der Waals surface area contributed by atoms with Gasteiger partial charge in [0.15, 0.2) is 0 Å². The van der Waals surface area contributed by atoms with Crippen molar-refractivity contribution in [1.82, 2.24) is 14.5 Å². The van der Waals surface area contributed by atoms with E-state index in [-0.39, 0.29) is 5.92 Å². The van der Waals surface area contributed by atoms with Crippen LogP contribution in [0.2, 0.25) is 0 Å². The molecule has 192 valence electrons. The molecule has 0 fully saturated rings. The molecule has 0 N–H and O–H groups in total. The Morgan fingerprint density at radius 3 is 2.49 bits per heavy atom. The lowest BCUT2D eigenvalue weighted by Gasteiger charge is -2.30. The number of nitrogens with zero attached hydrogens (tertiary/aromatic N) is 3. The quantitative estimate of drug-likeness (QED) is 0.200. The summed E-state index contributed by atoms with van der Waals surface area (Å²) in [6, 6.07) is 33.1. The van der Waals surface area contributed by atoms with Crippen molar-refractivity contribution in [2.45, 2.75) is 16.1 Å². The van der Waals surface area contributed by atoms with E-state index in [2.05, 4.69) is 120 Å². The van der Waals surface area contributed by atoms with Crippen LogP contribution in [0, 0.1) is 0 Å². The Morgan fingerprint density at radius 2 is 1.51 bits per heavy atom. The molecule has 1 aliphatic heterocycles. The van der Waals surface area contributed by atoms with E-state index in [4.69, 9.17) is 9.97 Å². The van der Waals surface area contributed by atoms with E-state index in [0.717, 1.165) is 22.7 Å². The van der Waals surface area contributed by atoms with Crippen LogP contribution >= 0.6 is 23.1 Å². The maximum atomic E-state index is 5.46. The summed E-state index contributed by atoms with van der Waals surface area (Å²) in [7, 11) is 0. The van der Waals surface area contributed by atoms with Crippen molar-refractivity contribution in [3.8, 4) is 5.95 Å². The summed E-state index contributed by atoms with van der Waals surface area (Å²) in [6.07, 6.45) is 8.95. The van der Waals surface area contributed by atoms with Crippen LogP contribution in [0.5, 0.6) is 0 Å². The summed E-state index contributed by atoms with van der Waals surface area (Å²) < 4.78 is 4.93. The minimum Gasteiger partial charge on any atom is -0.276 e. The molecule has 2 unspecified atom stereocenters. The lowest BCUT2D eigenvalue weighted by Crippen LogP contribution is -2.20. The number of hydrogen-bond acceptors (Lipinski definition) is 4. The van der Waals surface area contributed by atoms with Crippen molar-refractivity contribution < 1.29 is 0 Å². The third-order valence-electron chi connectivity index (χ3n) is 8.73. The van der Waals surface area contributed by atoms with Crippen LogP contribution < -0.4 is 0 Å². The van der Waals surface area contributed by atoms with E-state index in [0.29, 0.717) is 5.25 Å². The normalized spacial score (nSPS) is 18.0. The summed E-state index contributed by atoms with van der Waals surface area (Å²) in [4.78, 5) is 12.0. The van der Waals surface area contributed by atoms with Gasteiger partial charge in [-0.05, 0) is 35.0 Å². The minimum atomic E-state index is 0.224.